The van der Waals surface area contributed by atoms with Gasteiger partial charge in [0.2, 0.25) is 0 Å². The summed E-state index contributed by atoms with van der Waals surface area (Å²) < 4.78 is 5.82. The zero-order valence-electron chi connectivity index (χ0n) is 12.0. The first kappa shape index (κ1) is 13.4. The molecule has 0 aromatic carbocycles. The fourth-order valence-corrected chi connectivity index (χ4v) is 3.73. The molecule has 1 aliphatic carbocycles. The van der Waals surface area contributed by atoms with E-state index in [1.165, 1.54) is 17.6 Å². The number of carbonyl (C=O) groups excluding carboxylic acids is 1. The van der Waals surface area contributed by atoms with Crippen molar-refractivity contribution in [1.82, 2.24) is 0 Å². The van der Waals surface area contributed by atoms with Crippen molar-refractivity contribution in [3.05, 3.63) is 22.8 Å². The van der Waals surface area contributed by atoms with Gasteiger partial charge in [-0.05, 0) is 44.1 Å². The van der Waals surface area contributed by atoms with Crippen molar-refractivity contribution in [3.8, 4) is 0 Å². The van der Waals surface area contributed by atoms with Crippen LogP contribution in [0.1, 0.15) is 59.8 Å². The lowest BCUT2D eigenvalue weighted by Gasteiger charge is -2.44. The monoisotopic (exact) mass is 248 g/mol. The lowest BCUT2D eigenvalue weighted by Crippen LogP contribution is -2.43. The average Bonchev–Trinajstić information content (AvgIpc) is 2.26. The molecule has 0 saturated heterocycles. The van der Waals surface area contributed by atoms with E-state index in [0.717, 1.165) is 31.3 Å². The Morgan fingerprint density at radius 2 is 2.17 bits per heavy atom. The van der Waals surface area contributed by atoms with Gasteiger partial charge in [0, 0.05) is 12.5 Å². The number of hydrogen-bond acceptors (Lipinski definition) is 2. The molecule has 1 heterocycles. The summed E-state index contributed by atoms with van der Waals surface area (Å²) in [6.45, 7) is 8.70. The van der Waals surface area contributed by atoms with E-state index in [4.69, 9.17) is 4.74 Å². The number of rotatable bonds is 2. The highest BCUT2D eigenvalue weighted by Crippen LogP contribution is 2.46. The minimum absolute atomic E-state index is 0.158. The second kappa shape index (κ2) is 4.91. The predicted octanol–water partition coefficient (Wildman–Crippen LogP) is 4.16. The third kappa shape index (κ3) is 2.25. The maximum atomic E-state index is 11.8. The van der Waals surface area contributed by atoms with Crippen molar-refractivity contribution < 1.29 is 9.53 Å². The molecule has 0 aromatic heterocycles. The quantitative estimate of drug-likeness (QED) is 0.541. The van der Waals surface area contributed by atoms with E-state index in [1.807, 2.05) is 6.92 Å². The highest BCUT2D eigenvalue weighted by Gasteiger charge is 2.44. The summed E-state index contributed by atoms with van der Waals surface area (Å²) in [7, 11) is 0. The van der Waals surface area contributed by atoms with Crippen LogP contribution in [0.5, 0.6) is 0 Å². The normalized spacial score (nSPS) is 28.7. The molecular weight excluding hydrogens is 224 g/mol. The Hall–Kier alpha value is -1.05. The highest BCUT2D eigenvalue weighted by molar-refractivity contribution is 5.84. The van der Waals surface area contributed by atoms with Crippen molar-refractivity contribution in [2.24, 2.45) is 5.92 Å². The van der Waals surface area contributed by atoms with Gasteiger partial charge in [-0.25, -0.2) is 4.79 Å². The molecule has 2 aliphatic rings. The summed E-state index contributed by atoms with van der Waals surface area (Å²) in [6.07, 6.45) is 6.90. The molecular formula is C16H24O2. The SMILES string of the molecule is CCC1=C(C(C)C)C2(CCC1)CC(C)=CC(=O)O2. The third-order valence-corrected chi connectivity index (χ3v) is 4.16. The van der Waals surface area contributed by atoms with Gasteiger partial charge in [-0.15, -0.1) is 0 Å². The molecule has 0 fully saturated rings. The molecule has 1 unspecified atom stereocenters. The standard InChI is InChI=1S/C16H24O2/c1-5-13-7-6-8-16(15(13)11(2)3)10-12(4)9-14(17)18-16/h9,11H,5-8,10H2,1-4H3. The van der Waals surface area contributed by atoms with Gasteiger partial charge >= 0.3 is 5.97 Å². The van der Waals surface area contributed by atoms with Gasteiger partial charge in [0.1, 0.15) is 5.60 Å². The molecule has 0 aromatic rings. The molecule has 0 saturated carbocycles. The lowest BCUT2D eigenvalue weighted by atomic mass is 9.70. The van der Waals surface area contributed by atoms with E-state index < -0.39 is 0 Å². The Morgan fingerprint density at radius 1 is 1.44 bits per heavy atom. The van der Waals surface area contributed by atoms with Crippen LogP contribution in [0, 0.1) is 5.92 Å². The summed E-state index contributed by atoms with van der Waals surface area (Å²) in [5.74, 6) is 0.299. The Morgan fingerprint density at radius 3 is 2.72 bits per heavy atom. The third-order valence-electron chi connectivity index (χ3n) is 4.16. The van der Waals surface area contributed by atoms with Gasteiger partial charge in [0.15, 0.2) is 0 Å². The molecule has 1 aliphatic heterocycles. The molecule has 0 bridgehead atoms. The molecule has 0 N–H and O–H groups in total. The number of esters is 1. The summed E-state index contributed by atoms with van der Waals surface area (Å²) in [6, 6.07) is 0. The van der Waals surface area contributed by atoms with Crippen molar-refractivity contribution >= 4 is 5.97 Å². The van der Waals surface area contributed by atoms with Crippen LogP contribution < -0.4 is 0 Å². The van der Waals surface area contributed by atoms with E-state index >= 15 is 0 Å². The van der Waals surface area contributed by atoms with Gasteiger partial charge in [-0.2, -0.15) is 0 Å². The second-order valence-corrected chi connectivity index (χ2v) is 5.96. The minimum atomic E-state index is -0.326. The molecule has 0 radical (unpaired) electrons. The average molecular weight is 248 g/mol. The van der Waals surface area contributed by atoms with Crippen molar-refractivity contribution in [2.45, 2.75) is 65.4 Å². The Kier molecular flexibility index (Phi) is 3.65. The van der Waals surface area contributed by atoms with E-state index in [1.54, 1.807) is 6.08 Å². The van der Waals surface area contributed by atoms with Gasteiger partial charge in [0.25, 0.3) is 0 Å². The zero-order valence-corrected chi connectivity index (χ0v) is 12.0. The summed E-state index contributed by atoms with van der Waals surface area (Å²) in [5.41, 5.74) is 3.74. The molecule has 1 atom stereocenters. The van der Waals surface area contributed by atoms with Gasteiger partial charge in [0.05, 0.1) is 0 Å². The van der Waals surface area contributed by atoms with Gasteiger partial charge < -0.3 is 4.74 Å². The maximum absolute atomic E-state index is 11.8. The van der Waals surface area contributed by atoms with Crippen LogP contribution in [0.4, 0.5) is 0 Å². The van der Waals surface area contributed by atoms with E-state index in [-0.39, 0.29) is 11.6 Å². The largest absolute Gasteiger partial charge is 0.451 e. The first-order valence-electron chi connectivity index (χ1n) is 7.11. The van der Waals surface area contributed by atoms with Crippen molar-refractivity contribution in [2.75, 3.05) is 0 Å². The predicted molar refractivity (Wildman–Crippen MR) is 73.2 cm³/mol. The maximum Gasteiger partial charge on any atom is 0.331 e. The lowest BCUT2D eigenvalue weighted by molar-refractivity contribution is -0.153. The summed E-state index contributed by atoms with van der Waals surface area (Å²) in [5, 5.41) is 0. The van der Waals surface area contributed by atoms with Crippen molar-refractivity contribution in [1.29, 1.82) is 0 Å². The van der Waals surface area contributed by atoms with Crippen LogP contribution in [-0.4, -0.2) is 11.6 Å². The molecule has 0 amide bonds. The van der Waals surface area contributed by atoms with Gasteiger partial charge in [-0.1, -0.05) is 31.9 Å². The zero-order chi connectivity index (χ0) is 13.3. The van der Waals surface area contributed by atoms with Gasteiger partial charge in [-0.3, -0.25) is 0 Å². The topological polar surface area (TPSA) is 26.3 Å². The second-order valence-electron chi connectivity index (χ2n) is 5.96. The van der Waals surface area contributed by atoms with E-state index in [9.17, 15) is 4.79 Å². The Bertz CT molecular complexity index is 415. The first-order valence-corrected chi connectivity index (χ1v) is 7.11. The van der Waals surface area contributed by atoms with Crippen LogP contribution >= 0.6 is 0 Å². The molecule has 2 heteroatoms. The van der Waals surface area contributed by atoms with Crippen LogP contribution in [0.15, 0.2) is 22.8 Å². The smallest absolute Gasteiger partial charge is 0.331 e. The molecule has 1 spiro atoms. The number of hydrogen-bond donors (Lipinski definition) is 0. The summed E-state index contributed by atoms with van der Waals surface area (Å²) >= 11 is 0. The highest BCUT2D eigenvalue weighted by atomic mass is 16.6. The fourth-order valence-electron chi connectivity index (χ4n) is 3.73. The van der Waals surface area contributed by atoms with Crippen LogP contribution in [0.25, 0.3) is 0 Å². The van der Waals surface area contributed by atoms with E-state index in [0.29, 0.717) is 5.92 Å². The van der Waals surface area contributed by atoms with Crippen molar-refractivity contribution in [3.63, 3.8) is 0 Å². The molecule has 18 heavy (non-hydrogen) atoms. The van der Waals surface area contributed by atoms with Crippen LogP contribution in [0.3, 0.4) is 0 Å². The van der Waals surface area contributed by atoms with Crippen LogP contribution in [-0.2, 0) is 9.53 Å². The summed E-state index contributed by atoms with van der Waals surface area (Å²) in [4.78, 5) is 11.8. The Labute approximate surface area is 110 Å². The Balaban J connectivity index is 2.48. The fraction of sp³-hybridized carbons (Fsp3) is 0.688. The first-order chi connectivity index (χ1) is 8.48. The van der Waals surface area contributed by atoms with Crippen LogP contribution in [0.2, 0.25) is 0 Å². The number of carbonyl (C=O) groups is 1. The molecule has 2 nitrogen and oxygen atoms in total. The molecule has 2 rings (SSSR count). The minimum Gasteiger partial charge on any atom is -0.451 e. The number of allylic oxidation sites excluding steroid dienone is 1. The van der Waals surface area contributed by atoms with E-state index in [2.05, 4.69) is 20.8 Å². The molecule has 100 valence electrons. The number of ether oxygens (including phenoxy) is 1.